The quantitative estimate of drug-likeness (QED) is 0.0948. The van der Waals surface area contributed by atoms with Gasteiger partial charge < -0.3 is 40.5 Å². The SMILES string of the molecule is C=CC(=O)NCC#Cc1cn([C@H]2C[C@H](O)[C@@H](COP(=O)(O)OP(=O)(O)OP(=O)(O)O)O2)c(=O)nc1N. The minimum atomic E-state index is -5.72. The Morgan fingerprint density at radius 1 is 1.31 bits per heavy atom. The maximum absolute atomic E-state index is 12.3. The lowest BCUT2D eigenvalue weighted by atomic mass is 10.2. The van der Waals surface area contributed by atoms with Crippen molar-refractivity contribution in [1.82, 2.24) is 14.9 Å². The minimum Gasteiger partial charge on any atom is -0.390 e. The second-order valence-electron chi connectivity index (χ2n) is 6.77. The van der Waals surface area contributed by atoms with E-state index >= 15 is 0 Å². The number of phosphoric ester groups is 1. The summed E-state index contributed by atoms with van der Waals surface area (Å²) < 4.78 is 51.8. The van der Waals surface area contributed by atoms with E-state index in [4.69, 9.17) is 25.2 Å². The van der Waals surface area contributed by atoms with Crippen molar-refractivity contribution in [3.8, 4) is 11.8 Å². The molecule has 1 amide bonds. The lowest BCUT2D eigenvalue weighted by Crippen LogP contribution is -2.29. The monoisotopic (exact) mass is 574 g/mol. The molecule has 1 saturated heterocycles. The van der Waals surface area contributed by atoms with Gasteiger partial charge in [0.2, 0.25) is 5.91 Å². The molecule has 200 valence electrons. The van der Waals surface area contributed by atoms with Crippen LogP contribution in [0.1, 0.15) is 18.2 Å². The second kappa shape index (κ2) is 11.9. The maximum atomic E-state index is 12.3. The lowest BCUT2D eigenvalue weighted by molar-refractivity contribution is -0.116. The Labute approximate surface area is 202 Å². The van der Waals surface area contributed by atoms with Gasteiger partial charge in [-0.1, -0.05) is 18.4 Å². The number of hydrogen-bond donors (Lipinski definition) is 7. The fraction of sp³-hybridized carbons (Fsp3) is 0.400. The fourth-order valence-electron chi connectivity index (χ4n) is 2.63. The number of anilines is 1. The van der Waals surface area contributed by atoms with Crippen molar-refractivity contribution in [2.45, 2.75) is 24.9 Å². The van der Waals surface area contributed by atoms with E-state index < -0.39 is 60.1 Å². The first-order chi connectivity index (χ1) is 16.5. The number of aliphatic hydroxyl groups excluding tert-OH is 1. The third-order valence-corrected chi connectivity index (χ3v) is 7.88. The highest BCUT2D eigenvalue weighted by molar-refractivity contribution is 7.66. The summed E-state index contributed by atoms with van der Waals surface area (Å²) in [5.74, 6) is 4.49. The Morgan fingerprint density at radius 2 is 1.97 bits per heavy atom. The van der Waals surface area contributed by atoms with E-state index in [0.717, 1.165) is 10.6 Å². The molecule has 8 N–H and O–H groups in total. The number of carbonyl (C=O) groups is 1. The normalized spacial score (nSPS) is 23.1. The highest BCUT2D eigenvalue weighted by Gasteiger charge is 2.43. The molecule has 2 rings (SSSR count). The Balaban J connectivity index is 2.08. The van der Waals surface area contributed by atoms with Crippen LogP contribution < -0.4 is 16.7 Å². The summed E-state index contributed by atoms with van der Waals surface area (Å²) in [5.41, 5.74) is 4.88. The van der Waals surface area contributed by atoms with Crippen LogP contribution in [0.4, 0.5) is 5.82 Å². The van der Waals surface area contributed by atoms with Crippen molar-refractivity contribution in [2.75, 3.05) is 18.9 Å². The number of aliphatic hydroxyl groups is 1. The number of aromatic nitrogens is 2. The van der Waals surface area contributed by atoms with Crippen LogP contribution in [0.5, 0.6) is 0 Å². The summed E-state index contributed by atoms with van der Waals surface area (Å²) in [6.07, 6.45) is -1.94. The Bertz CT molecular complexity index is 1270. The molecule has 21 heteroatoms. The van der Waals surface area contributed by atoms with Gasteiger partial charge in [0.25, 0.3) is 0 Å². The summed E-state index contributed by atoms with van der Waals surface area (Å²) in [7, 11) is -16.7. The highest BCUT2D eigenvalue weighted by atomic mass is 31.3. The van der Waals surface area contributed by atoms with Crippen LogP contribution in [0, 0.1) is 11.8 Å². The fourth-order valence-corrected chi connectivity index (χ4v) is 5.66. The molecule has 1 aliphatic heterocycles. The van der Waals surface area contributed by atoms with E-state index in [2.05, 4.69) is 41.9 Å². The summed E-state index contributed by atoms with van der Waals surface area (Å²) in [4.78, 5) is 62.7. The van der Waals surface area contributed by atoms with Crippen molar-refractivity contribution in [3.63, 3.8) is 0 Å². The average Bonchev–Trinajstić information content (AvgIpc) is 3.08. The predicted octanol–water partition coefficient (Wildman–Crippen LogP) is -1.53. The van der Waals surface area contributed by atoms with E-state index in [1.54, 1.807) is 0 Å². The molecule has 18 nitrogen and oxygen atoms in total. The molecule has 1 aliphatic rings. The number of hydrogen-bond acceptors (Lipinski definition) is 12. The van der Waals surface area contributed by atoms with Crippen LogP contribution in [0.15, 0.2) is 23.6 Å². The third kappa shape index (κ3) is 9.34. The van der Waals surface area contributed by atoms with Gasteiger partial charge in [-0.25, -0.2) is 18.5 Å². The molecule has 0 spiro atoms. The van der Waals surface area contributed by atoms with E-state index in [0.29, 0.717) is 0 Å². The van der Waals surface area contributed by atoms with Gasteiger partial charge in [0, 0.05) is 12.6 Å². The molecule has 1 fully saturated rings. The smallest absolute Gasteiger partial charge is 0.390 e. The molecule has 36 heavy (non-hydrogen) atoms. The number of nitrogens with two attached hydrogens (primary N) is 1. The summed E-state index contributed by atoms with van der Waals surface area (Å²) in [6, 6.07) is 0. The van der Waals surface area contributed by atoms with Gasteiger partial charge in [-0.05, 0) is 6.08 Å². The number of nitrogen functional groups attached to an aromatic ring is 1. The van der Waals surface area contributed by atoms with Crippen molar-refractivity contribution in [2.24, 2.45) is 0 Å². The number of phosphoric acid groups is 3. The molecule has 0 bridgehead atoms. The zero-order valence-corrected chi connectivity index (χ0v) is 20.6. The summed E-state index contributed by atoms with van der Waals surface area (Å²) in [5, 5.41) is 12.6. The molecule has 2 heterocycles. The molecule has 0 radical (unpaired) electrons. The number of rotatable bonds is 10. The van der Waals surface area contributed by atoms with Crippen molar-refractivity contribution >= 4 is 35.2 Å². The standard InChI is InChI=1S/C15H21N4O14P3/c1-2-12(21)17-5-3-4-9-7-19(15(22)18-14(9)16)13-6-10(20)11(31-13)8-30-35(26,27)33-36(28,29)32-34(23,24)25/h2,7,10-11,13,20H,1,5-6,8H2,(H,17,21)(H,26,27)(H,28,29)(H2,16,18,22)(H2,23,24,25)/t10-,11+,13+/m0/s1. The van der Waals surface area contributed by atoms with Gasteiger partial charge in [0.15, 0.2) is 0 Å². The van der Waals surface area contributed by atoms with E-state index in [1.165, 1.54) is 6.20 Å². The molecule has 5 atom stereocenters. The number of carbonyl (C=O) groups excluding carboxylic acids is 1. The number of nitrogens with one attached hydrogen (secondary N) is 1. The van der Waals surface area contributed by atoms with Crippen molar-refractivity contribution in [1.29, 1.82) is 0 Å². The zero-order valence-electron chi connectivity index (χ0n) is 17.9. The first kappa shape index (κ1) is 30.0. The van der Waals surface area contributed by atoms with Crippen LogP contribution in [-0.2, 0) is 36.4 Å². The Hall–Kier alpha value is -2.22. The second-order valence-corrected chi connectivity index (χ2v) is 11.2. The van der Waals surface area contributed by atoms with Gasteiger partial charge in [0.05, 0.1) is 24.8 Å². The molecule has 1 aromatic heterocycles. The zero-order chi connectivity index (χ0) is 27.3. The highest BCUT2D eigenvalue weighted by Crippen LogP contribution is 2.66. The molecule has 0 aromatic carbocycles. The van der Waals surface area contributed by atoms with E-state index in [9.17, 15) is 33.3 Å². The average molecular weight is 574 g/mol. The third-order valence-electron chi connectivity index (χ3n) is 4.07. The van der Waals surface area contributed by atoms with Gasteiger partial charge in [-0.15, -0.1) is 0 Å². The van der Waals surface area contributed by atoms with Crippen LogP contribution in [0.2, 0.25) is 0 Å². The van der Waals surface area contributed by atoms with E-state index in [-0.39, 0.29) is 24.3 Å². The predicted molar refractivity (Wildman–Crippen MR) is 117 cm³/mol. The summed E-state index contributed by atoms with van der Waals surface area (Å²) in [6.45, 7) is 2.29. The maximum Gasteiger partial charge on any atom is 0.490 e. The van der Waals surface area contributed by atoms with Crippen LogP contribution >= 0.6 is 23.5 Å². The number of ether oxygens (including phenoxy) is 1. The molecule has 0 saturated carbocycles. The van der Waals surface area contributed by atoms with Crippen molar-refractivity contribution < 1.29 is 61.1 Å². The van der Waals surface area contributed by atoms with Crippen LogP contribution in [0.25, 0.3) is 0 Å². The summed E-state index contributed by atoms with van der Waals surface area (Å²) >= 11 is 0. The molecular formula is C15H21N4O14P3. The Kier molecular flexibility index (Phi) is 9.91. The topological polar surface area (TPSA) is 279 Å². The largest absolute Gasteiger partial charge is 0.490 e. The first-order valence-corrected chi connectivity index (χ1v) is 13.9. The van der Waals surface area contributed by atoms with Crippen molar-refractivity contribution in [3.05, 3.63) is 34.9 Å². The minimum absolute atomic E-state index is 0.0647. The molecular weight excluding hydrogens is 553 g/mol. The van der Waals surface area contributed by atoms with Gasteiger partial charge >= 0.3 is 29.2 Å². The Morgan fingerprint density at radius 3 is 2.58 bits per heavy atom. The molecule has 2 unspecified atom stereocenters. The number of nitrogens with zero attached hydrogens (tertiary/aromatic N) is 2. The first-order valence-electron chi connectivity index (χ1n) is 9.41. The molecule has 0 aliphatic carbocycles. The van der Waals surface area contributed by atoms with Crippen LogP contribution in [0.3, 0.4) is 0 Å². The number of amides is 1. The molecule has 1 aromatic rings. The van der Waals surface area contributed by atoms with Gasteiger partial charge in [-0.2, -0.15) is 13.6 Å². The van der Waals surface area contributed by atoms with Gasteiger partial charge in [-0.3, -0.25) is 13.9 Å². The van der Waals surface area contributed by atoms with Gasteiger partial charge in [0.1, 0.15) is 18.1 Å². The lowest BCUT2D eigenvalue weighted by Gasteiger charge is -2.19. The van der Waals surface area contributed by atoms with E-state index in [1.807, 2.05) is 0 Å². The van der Waals surface area contributed by atoms with Crippen LogP contribution in [-0.4, -0.2) is 65.5 Å².